The molecule has 0 aliphatic heterocycles. The maximum atomic E-state index is 5.86. The quantitative estimate of drug-likeness (QED) is 0.806. The molecule has 0 bridgehead atoms. The van der Waals surface area contributed by atoms with Gasteiger partial charge in [0.05, 0.1) is 11.4 Å². The molecule has 1 aromatic carbocycles. The molecule has 0 aliphatic carbocycles. The molecule has 0 aliphatic rings. The fraction of sp³-hybridized carbons (Fsp3) is 0.400. The van der Waals surface area contributed by atoms with Gasteiger partial charge in [0.2, 0.25) is 0 Å². The Balaban J connectivity index is 2.10. The van der Waals surface area contributed by atoms with Crippen molar-refractivity contribution in [3.63, 3.8) is 0 Å². The zero-order valence-corrected chi connectivity index (χ0v) is 11.3. The molecule has 0 atom stereocenters. The molecule has 0 spiro atoms. The van der Waals surface area contributed by atoms with Gasteiger partial charge < -0.3 is 4.74 Å². The first-order valence-corrected chi connectivity index (χ1v) is 6.48. The third-order valence-corrected chi connectivity index (χ3v) is 3.04. The summed E-state index contributed by atoms with van der Waals surface area (Å²) < 4.78 is 7.87. The number of benzene rings is 1. The molecule has 3 heteroatoms. The predicted octanol–water partition coefficient (Wildman–Crippen LogP) is 3.35. The Hall–Kier alpha value is -1.77. The fourth-order valence-corrected chi connectivity index (χ4v) is 1.95. The van der Waals surface area contributed by atoms with Gasteiger partial charge in [-0.1, -0.05) is 25.1 Å². The highest BCUT2D eigenvalue weighted by Gasteiger charge is 2.07. The van der Waals surface area contributed by atoms with Crippen molar-refractivity contribution in [1.82, 2.24) is 9.78 Å². The van der Waals surface area contributed by atoms with E-state index < -0.39 is 0 Å². The van der Waals surface area contributed by atoms with Crippen LogP contribution in [0.25, 0.3) is 0 Å². The van der Waals surface area contributed by atoms with Crippen molar-refractivity contribution in [2.45, 2.75) is 40.3 Å². The molecule has 2 rings (SSSR count). The zero-order valence-electron chi connectivity index (χ0n) is 11.3. The molecule has 0 amide bonds. The van der Waals surface area contributed by atoms with Crippen LogP contribution < -0.4 is 4.74 Å². The standard InChI is InChI=1S/C15H20N2O/c1-4-13-10-14(17(5-2)16-13)11-18-15-9-7-6-8-12(15)3/h6-10H,4-5,11H2,1-3H3. The van der Waals surface area contributed by atoms with E-state index in [0.29, 0.717) is 6.61 Å². The number of hydrogen-bond donors (Lipinski definition) is 0. The third kappa shape index (κ3) is 2.73. The van der Waals surface area contributed by atoms with Crippen LogP contribution in [0.5, 0.6) is 5.75 Å². The van der Waals surface area contributed by atoms with E-state index in [9.17, 15) is 0 Å². The summed E-state index contributed by atoms with van der Waals surface area (Å²) in [4.78, 5) is 0. The summed E-state index contributed by atoms with van der Waals surface area (Å²) in [6, 6.07) is 10.2. The van der Waals surface area contributed by atoms with Crippen molar-refractivity contribution in [2.75, 3.05) is 0 Å². The van der Waals surface area contributed by atoms with Gasteiger partial charge in [-0.2, -0.15) is 5.10 Å². The minimum Gasteiger partial charge on any atom is -0.487 e. The average Bonchev–Trinajstić information content (AvgIpc) is 2.80. The third-order valence-electron chi connectivity index (χ3n) is 3.04. The highest BCUT2D eigenvalue weighted by molar-refractivity contribution is 5.31. The van der Waals surface area contributed by atoms with E-state index in [1.165, 1.54) is 0 Å². The molecule has 2 aromatic rings. The van der Waals surface area contributed by atoms with E-state index in [1.54, 1.807) is 0 Å². The first-order chi connectivity index (χ1) is 8.74. The molecular formula is C15H20N2O. The lowest BCUT2D eigenvalue weighted by atomic mass is 10.2. The van der Waals surface area contributed by atoms with Crippen LogP contribution in [0.1, 0.15) is 30.8 Å². The normalized spacial score (nSPS) is 10.6. The van der Waals surface area contributed by atoms with Gasteiger partial charge in [0.1, 0.15) is 12.4 Å². The highest BCUT2D eigenvalue weighted by Crippen LogP contribution is 2.18. The fourth-order valence-electron chi connectivity index (χ4n) is 1.95. The molecule has 0 radical (unpaired) electrons. The molecule has 0 N–H and O–H groups in total. The summed E-state index contributed by atoms with van der Waals surface area (Å²) in [6.45, 7) is 7.74. The smallest absolute Gasteiger partial charge is 0.130 e. The Labute approximate surface area is 108 Å². The van der Waals surface area contributed by atoms with E-state index in [-0.39, 0.29) is 0 Å². The molecule has 0 fully saturated rings. The van der Waals surface area contributed by atoms with E-state index in [0.717, 1.165) is 35.7 Å². The molecule has 96 valence electrons. The van der Waals surface area contributed by atoms with Gasteiger partial charge in [-0.25, -0.2) is 0 Å². The van der Waals surface area contributed by atoms with Gasteiger partial charge in [-0.05, 0) is 38.0 Å². The van der Waals surface area contributed by atoms with Crippen molar-refractivity contribution in [3.8, 4) is 5.75 Å². The Morgan fingerprint density at radius 1 is 1.22 bits per heavy atom. The monoisotopic (exact) mass is 244 g/mol. The topological polar surface area (TPSA) is 27.1 Å². The Morgan fingerprint density at radius 3 is 2.67 bits per heavy atom. The SMILES string of the molecule is CCc1cc(COc2ccccc2C)n(CC)n1. The predicted molar refractivity (Wildman–Crippen MR) is 72.8 cm³/mol. The van der Waals surface area contributed by atoms with Crippen molar-refractivity contribution < 1.29 is 4.74 Å². The van der Waals surface area contributed by atoms with Crippen LogP contribution in [0.2, 0.25) is 0 Å². The van der Waals surface area contributed by atoms with Gasteiger partial charge in [0.25, 0.3) is 0 Å². The first-order valence-electron chi connectivity index (χ1n) is 6.48. The summed E-state index contributed by atoms with van der Waals surface area (Å²) in [7, 11) is 0. The van der Waals surface area contributed by atoms with Crippen molar-refractivity contribution >= 4 is 0 Å². The lowest BCUT2D eigenvalue weighted by Crippen LogP contribution is -2.06. The lowest BCUT2D eigenvalue weighted by molar-refractivity contribution is 0.290. The molecule has 3 nitrogen and oxygen atoms in total. The van der Waals surface area contributed by atoms with Gasteiger partial charge in [0.15, 0.2) is 0 Å². The second-order valence-corrected chi connectivity index (χ2v) is 4.35. The number of ether oxygens (including phenoxy) is 1. The summed E-state index contributed by atoms with van der Waals surface area (Å²) in [5.41, 5.74) is 3.42. The maximum absolute atomic E-state index is 5.86. The van der Waals surface area contributed by atoms with E-state index in [1.807, 2.05) is 22.9 Å². The minimum atomic E-state index is 0.575. The largest absolute Gasteiger partial charge is 0.487 e. The first kappa shape index (κ1) is 12.7. The molecule has 1 heterocycles. The number of aromatic nitrogens is 2. The van der Waals surface area contributed by atoms with Gasteiger partial charge in [0, 0.05) is 6.54 Å². The number of hydrogen-bond acceptors (Lipinski definition) is 2. The van der Waals surface area contributed by atoms with E-state index >= 15 is 0 Å². The summed E-state index contributed by atoms with van der Waals surface area (Å²) in [6.07, 6.45) is 0.963. The van der Waals surface area contributed by atoms with Crippen LogP contribution in [-0.2, 0) is 19.6 Å². The second-order valence-electron chi connectivity index (χ2n) is 4.35. The Kier molecular flexibility index (Phi) is 4.03. The molecule has 0 saturated carbocycles. The van der Waals surface area contributed by atoms with Crippen LogP contribution in [0, 0.1) is 6.92 Å². The molecule has 0 unspecified atom stereocenters. The minimum absolute atomic E-state index is 0.575. The van der Waals surface area contributed by atoms with Crippen molar-refractivity contribution in [2.24, 2.45) is 0 Å². The van der Waals surface area contributed by atoms with E-state index in [2.05, 4.69) is 38.0 Å². The molecule has 18 heavy (non-hydrogen) atoms. The Morgan fingerprint density at radius 2 is 2.00 bits per heavy atom. The second kappa shape index (κ2) is 5.71. The van der Waals surface area contributed by atoms with Gasteiger partial charge >= 0.3 is 0 Å². The van der Waals surface area contributed by atoms with Gasteiger partial charge in [-0.15, -0.1) is 0 Å². The number of para-hydroxylation sites is 1. The van der Waals surface area contributed by atoms with Gasteiger partial charge in [-0.3, -0.25) is 4.68 Å². The van der Waals surface area contributed by atoms with Crippen LogP contribution in [0.3, 0.4) is 0 Å². The molecule has 1 aromatic heterocycles. The average molecular weight is 244 g/mol. The summed E-state index contributed by atoms with van der Waals surface area (Å²) in [5.74, 6) is 0.944. The summed E-state index contributed by atoms with van der Waals surface area (Å²) >= 11 is 0. The number of aryl methyl sites for hydroxylation is 3. The Bertz CT molecular complexity index is 517. The summed E-state index contributed by atoms with van der Waals surface area (Å²) in [5, 5.41) is 4.52. The highest BCUT2D eigenvalue weighted by atomic mass is 16.5. The van der Waals surface area contributed by atoms with Crippen LogP contribution >= 0.6 is 0 Å². The molecule has 0 saturated heterocycles. The van der Waals surface area contributed by atoms with Crippen LogP contribution in [-0.4, -0.2) is 9.78 Å². The number of rotatable bonds is 5. The van der Waals surface area contributed by atoms with Crippen molar-refractivity contribution in [3.05, 3.63) is 47.3 Å². The molecular weight excluding hydrogens is 224 g/mol. The van der Waals surface area contributed by atoms with Crippen LogP contribution in [0.15, 0.2) is 30.3 Å². The number of nitrogens with zero attached hydrogens (tertiary/aromatic N) is 2. The van der Waals surface area contributed by atoms with E-state index in [4.69, 9.17) is 4.74 Å². The van der Waals surface area contributed by atoms with Crippen LogP contribution in [0.4, 0.5) is 0 Å². The van der Waals surface area contributed by atoms with Crippen molar-refractivity contribution in [1.29, 1.82) is 0 Å². The lowest BCUT2D eigenvalue weighted by Gasteiger charge is -2.09. The maximum Gasteiger partial charge on any atom is 0.130 e. The zero-order chi connectivity index (χ0) is 13.0.